The molecular formula is C29H36F2N4O3. The average molecular weight is 527 g/mol. The fourth-order valence-electron chi connectivity index (χ4n) is 5.78. The van der Waals surface area contributed by atoms with Gasteiger partial charge in [0.05, 0.1) is 18.6 Å². The van der Waals surface area contributed by atoms with E-state index in [2.05, 4.69) is 22.5 Å². The minimum absolute atomic E-state index is 0.158. The van der Waals surface area contributed by atoms with Gasteiger partial charge in [-0.25, -0.2) is 13.6 Å². The molecule has 6 rings (SSSR count). The van der Waals surface area contributed by atoms with Crippen LogP contribution in [0, 0.1) is 5.92 Å². The first-order valence-electron chi connectivity index (χ1n) is 13.3. The molecule has 4 fully saturated rings. The Balaban J connectivity index is 1.16. The van der Waals surface area contributed by atoms with Crippen LogP contribution in [0.3, 0.4) is 0 Å². The van der Waals surface area contributed by atoms with E-state index >= 15 is 0 Å². The summed E-state index contributed by atoms with van der Waals surface area (Å²) < 4.78 is 32.0. The summed E-state index contributed by atoms with van der Waals surface area (Å²) in [7, 11) is 0. The third-order valence-corrected chi connectivity index (χ3v) is 8.31. The van der Waals surface area contributed by atoms with Gasteiger partial charge in [0.2, 0.25) is 0 Å². The molecule has 38 heavy (non-hydrogen) atoms. The molecule has 9 heteroatoms. The second-order valence-electron chi connectivity index (χ2n) is 11.7. The van der Waals surface area contributed by atoms with Gasteiger partial charge >= 0.3 is 6.03 Å². The summed E-state index contributed by atoms with van der Waals surface area (Å²) in [6, 6.07) is 13.8. The Morgan fingerprint density at radius 1 is 0.947 bits per heavy atom. The molecule has 2 bridgehead atoms. The molecular weight excluding hydrogens is 490 g/mol. The molecule has 204 valence electrons. The van der Waals surface area contributed by atoms with Crippen molar-refractivity contribution in [2.75, 3.05) is 32.7 Å². The van der Waals surface area contributed by atoms with Crippen LogP contribution in [0.25, 0.3) is 0 Å². The monoisotopic (exact) mass is 526 g/mol. The highest BCUT2D eigenvalue weighted by Crippen LogP contribution is 2.35. The molecule has 4 aliphatic heterocycles. The van der Waals surface area contributed by atoms with E-state index in [1.54, 1.807) is 24.3 Å². The van der Waals surface area contributed by atoms with E-state index in [9.17, 15) is 18.4 Å². The number of urea groups is 1. The molecule has 0 aliphatic carbocycles. The number of alkyl halides is 2. The van der Waals surface area contributed by atoms with E-state index in [1.807, 2.05) is 38.1 Å². The number of likely N-dealkylation sites (tertiary alicyclic amines) is 1. The molecule has 0 spiro atoms. The maximum absolute atomic E-state index is 13.0. The summed E-state index contributed by atoms with van der Waals surface area (Å²) in [5.41, 5.74) is 0.479. The predicted molar refractivity (Wildman–Crippen MR) is 141 cm³/mol. The first-order chi connectivity index (χ1) is 17.9. The van der Waals surface area contributed by atoms with Crippen LogP contribution in [0.4, 0.5) is 13.6 Å². The second kappa shape index (κ2) is 9.84. The Morgan fingerprint density at radius 2 is 1.53 bits per heavy atom. The van der Waals surface area contributed by atoms with E-state index in [1.165, 1.54) is 0 Å². The minimum Gasteiger partial charge on any atom is -0.457 e. The molecule has 4 saturated heterocycles. The van der Waals surface area contributed by atoms with Gasteiger partial charge in [0.15, 0.2) is 0 Å². The summed E-state index contributed by atoms with van der Waals surface area (Å²) in [4.78, 5) is 28.9. The number of hydrogen-bond donors (Lipinski definition) is 2. The molecule has 2 aromatic carbocycles. The maximum Gasteiger partial charge on any atom is 0.315 e. The maximum atomic E-state index is 13.0. The Kier molecular flexibility index (Phi) is 6.84. The lowest BCUT2D eigenvalue weighted by atomic mass is 9.79. The lowest BCUT2D eigenvalue weighted by Crippen LogP contribution is -2.58. The molecule has 1 atom stereocenters. The predicted octanol–water partition coefficient (Wildman–Crippen LogP) is 4.98. The van der Waals surface area contributed by atoms with Crippen LogP contribution in [0.5, 0.6) is 11.5 Å². The third kappa shape index (κ3) is 5.62. The normalized spacial score (nSPS) is 26.2. The molecule has 0 aromatic heterocycles. The molecule has 0 radical (unpaired) electrons. The van der Waals surface area contributed by atoms with E-state index in [0.717, 1.165) is 49.4 Å². The molecule has 4 heterocycles. The van der Waals surface area contributed by atoms with E-state index in [0.29, 0.717) is 23.0 Å². The third-order valence-electron chi connectivity index (χ3n) is 8.31. The van der Waals surface area contributed by atoms with E-state index < -0.39 is 30.5 Å². The number of halogens is 2. The van der Waals surface area contributed by atoms with Gasteiger partial charge in [-0.15, -0.1) is 0 Å². The lowest BCUT2D eigenvalue weighted by molar-refractivity contribution is -0.113. The Morgan fingerprint density at radius 3 is 2.11 bits per heavy atom. The average Bonchev–Trinajstić information content (AvgIpc) is 3.10. The van der Waals surface area contributed by atoms with Crippen LogP contribution in [0.15, 0.2) is 48.5 Å². The van der Waals surface area contributed by atoms with Crippen LogP contribution in [0.1, 0.15) is 56.0 Å². The first kappa shape index (κ1) is 26.4. The fourth-order valence-corrected chi connectivity index (χ4v) is 5.78. The molecule has 1 unspecified atom stereocenters. The van der Waals surface area contributed by atoms with Crippen LogP contribution < -0.4 is 15.4 Å². The second-order valence-corrected chi connectivity index (χ2v) is 11.7. The quantitative estimate of drug-likeness (QED) is 0.557. The van der Waals surface area contributed by atoms with Crippen LogP contribution >= 0.6 is 0 Å². The highest BCUT2D eigenvalue weighted by molar-refractivity contribution is 5.95. The summed E-state index contributed by atoms with van der Waals surface area (Å²) in [5, 5.41) is 6.44. The smallest absolute Gasteiger partial charge is 0.315 e. The van der Waals surface area contributed by atoms with Gasteiger partial charge in [0.25, 0.3) is 11.8 Å². The topological polar surface area (TPSA) is 73.9 Å². The zero-order chi connectivity index (χ0) is 27.1. The largest absolute Gasteiger partial charge is 0.457 e. The van der Waals surface area contributed by atoms with Gasteiger partial charge < -0.3 is 25.2 Å². The molecule has 3 amide bonds. The first-order valence-corrected chi connectivity index (χ1v) is 13.3. The van der Waals surface area contributed by atoms with Crippen molar-refractivity contribution in [3.63, 3.8) is 0 Å². The molecule has 2 aromatic rings. The Bertz CT molecular complexity index is 1170. The van der Waals surface area contributed by atoms with Crippen molar-refractivity contribution in [1.29, 1.82) is 0 Å². The van der Waals surface area contributed by atoms with Gasteiger partial charge in [-0.05, 0) is 101 Å². The van der Waals surface area contributed by atoms with Crippen molar-refractivity contribution >= 4 is 11.9 Å². The molecule has 0 saturated carbocycles. The number of piperidine rings is 1. The van der Waals surface area contributed by atoms with Gasteiger partial charge in [-0.1, -0.05) is 12.1 Å². The Labute approximate surface area is 222 Å². The standard InChI is InChI=1S/C29H36F2N4O3/c1-27(2,32-26(37)33-28(3)14-17-34-15-12-22(28)13-16-34)21-6-10-24(11-7-21)38-23-8-4-20(5-9-23)25(36)35-18-29(30,31)19-35/h4-11,22H,12-19H2,1-3H3,(H2,32,33,37). The van der Waals surface area contributed by atoms with Crippen molar-refractivity contribution < 1.29 is 23.1 Å². The van der Waals surface area contributed by atoms with Crippen LogP contribution in [-0.2, 0) is 5.54 Å². The Hall–Kier alpha value is -3.20. The fraction of sp³-hybridized carbons (Fsp3) is 0.517. The summed E-state index contributed by atoms with van der Waals surface area (Å²) in [6.07, 6.45) is 3.21. The van der Waals surface area contributed by atoms with Gasteiger partial charge in [-0.3, -0.25) is 4.79 Å². The zero-order valence-corrected chi connectivity index (χ0v) is 22.2. The molecule has 7 nitrogen and oxygen atoms in total. The van der Waals surface area contributed by atoms with Crippen LogP contribution in [0.2, 0.25) is 0 Å². The highest BCUT2D eigenvalue weighted by atomic mass is 19.3. The number of carbonyl (C=O) groups excluding carboxylic acids is 2. The van der Waals surface area contributed by atoms with E-state index in [4.69, 9.17) is 4.74 Å². The zero-order valence-electron chi connectivity index (χ0n) is 22.2. The van der Waals surface area contributed by atoms with Crippen LogP contribution in [-0.4, -0.2) is 65.9 Å². The number of hydrogen-bond acceptors (Lipinski definition) is 4. The van der Waals surface area contributed by atoms with Crippen molar-refractivity contribution in [3.8, 4) is 11.5 Å². The molecule has 4 aliphatic rings. The summed E-state index contributed by atoms with van der Waals surface area (Å²) in [5.74, 6) is -1.57. The summed E-state index contributed by atoms with van der Waals surface area (Å²) >= 11 is 0. The number of fused-ring (bicyclic) bond motifs is 4. The lowest BCUT2D eigenvalue weighted by Gasteiger charge is -2.39. The van der Waals surface area contributed by atoms with Crippen molar-refractivity contribution in [3.05, 3.63) is 59.7 Å². The highest BCUT2D eigenvalue weighted by Gasteiger charge is 2.46. The van der Waals surface area contributed by atoms with Crippen molar-refractivity contribution in [1.82, 2.24) is 20.4 Å². The van der Waals surface area contributed by atoms with Gasteiger partial charge in [0, 0.05) is 17.6 Å². The summed E-state index contributed by atoms with van der Waals surface area (Å²) in [6.45, 7) is 8.30. The number of ether oxygens (including phenoxy) is 1. The van der Waals surface area contributed by atoms with Crippen molar-refractivity contribution in [2.45, 2.75) is 57.0 Å². The minimum atomic E-state index is -2.79. The van der Waals surface area contributed by atoms with E-state index in [-0.39, 0.29) is 11.6 Å². The SMILES string of the molecule is CC(C)(NC(=O)NC1(C)CCN2CCC1CC2)c1ccc(Oc2ccc(C(=O)N3CC(F)(F)C3)cc2)cc1. The number of nitrogens with zero attached hydrogens (tertiary/aromatic N) is 2. The van der Waals surface area contributed by atoms with Gasteiger partial charge in [-0.2, -0.15) is 0 Å². The van der Waals surface area contributed by atoms with Crippen molar-refractivity contribution in [2.24, 2.45) is 5.92 Å². The number of amides is 3. The number of benzene rings is 2. The number of carbonyl (C=O) groups is 2. The van der Waals surface area contributed by atoms with Gasteiger partial charge in [0.1, 0.15) is 11.5 Å². The number of nitrogens with one attached hydrogen (secondary N) is 2. The number of rotatable bonds is 6. The molecule has 2 N–H and O–H groups in total.